The van der Waals surface area contributed by atoms with Crippen LogP contribution in [0.25, 0.3) is 0 Å². The van der Waals surface area contributed by atoms with E-state index in [2.05, 4.69) is 54.4 Å². The third-order valence-electron chi connectivity index (χ3n) is 5.47. The largest absolute Gasteiger partial charge is 0.316 e. The summed E-state index contributed by atoms with van der Waals surface area (Å²) in [5.74, 6) is 1.64. The maximum Gasteiger partial charge on any atom is 0.0233 e. The second-order valence-corrected chi connectivity index (χ2v) is 7.11. The fourth-order valence-corrected chi connectivity index (χ4v) is 4.41. The van der Waals surface area contributed by atoms with Crippen LogP contribution in [-0.2, 0) is 6.54 Å². The first-order valence-corrected chi connectivity index (χ1v) is 8.17. The predicted molar refractivity (Wildman–Crippen MR) is 84.6 cm³/mol. The van der Waals surface area contributed by atoms with Crippen molar-refractivity contribution >= 4 is 0 Å². The second-order valence-electron chi connectivity index (χ2n) is 7.11. The van der Waals surface area contributed by atoms with E-state index in [-0.39, 0.29) is 0 Å². The summed E-state index contributed by atoms with van der Waals surface area (Å²) in [7, 11) is 0. The Morgan fingerprint density at radius 2 is 2.05 bits per heavy atom. The Balaban J connectivity index is 1.68. The molecule has 2 unspecified atom stereocenters. The first kappa shape index (κ1) is 14.1. The highest BCUT2D eigenvalue weighted by Gasteiger charge is 2.46. The summed E-state index contributed by atoms with van der Waals surface area (Å²) >= 11 is 0. The minimum atomic E-state index is 0.578. The number of nitrogens with one attached hydrogen (secondary N) is 1. The van der Waals surface area contributed by atoms with Crippen LogP contribution in [0.15, 0.2) is 30.3 Å². The highest BCUT2D eigenvalue weighted by molar-refractivity contribution is 5.15. The van der Waals surface area contributed by atoms with Gasteiger partial charge in [-0.1, -0.05) is 44.2 Å². The highest BCUT2D eigenvalue weighted by Crippen LogP contribution is 2.45. The molecule has 1 spiro atoms. The van der Waals surface area contributed by atoms with E-state index in [4.69, 9.17) is 0 Å². The summed E-state index contributed by atoms with van der Waals surface area (Å²) in [6, 6.07) is 10.9. The van der Waals surface area contributed by atoms with Crippen LogP contribution in [0.5, 0.6) is 0 Å². The molecule has 0 saturated carbocycles. The lowest BCUT2D eigenvalue weighted by molar-refractivity contribution is 0.0769. The Hall–Kier alpha value is -0.860. The third-order valence-corrected chi connectivity index (χ3v) is 5.47. The number of likely N-dealkylation sites (tertiary alicyclic amines) is 1. The van der Waals surface area contributed by atoms with Crippen LogP contribution >= 0.6 is 0 Å². The molecular formula is C18H28N2. The quantitative estimate of drug-likeness (QED) is 0.909. The Bertz CT molecular complexity index is 428. The summed E-state index contributed by atoms with van der Waals surface area (Å²) < 4.78 is 0. The molecule has 1 N–H and O–H groups in total. The number of rotatable bonds is 3. The molecule has 20 heavy (non-hydrogen) atoms. The first-order chi connectivity index (χ1) is 9.70. The van der Waals surface area contributed by atoms with Gasteiger partial charge in [0.15, 0.2) is 0 Å². The zero-order valence-corrected chi connectivity index (χ0v) is 12.9. The van der Waals surface area contributed by atoms with E-state index in [1.807, 2.05) is 0 Å². The fourth-order valence-electron chi connectivity index (χ4n) is 4.41. The fraction of sp³-hybridized carbons (Fsp3) is 0.667. The average Bonchev–Trinajstić information content (AvgIpc) is 2.83. The number of piperidine rings is 1. The molecule has 2 saturated heterocycles. The van der Waals surface area contributed by atoms with Gasteiger partial charge in [0, 0.05) is 13.1 Å². The van der Waals surface area contributed by atoms with Crippen LogP contribution in [0.4, 0.5) is 0 Å². The van der Waals surface area contributed by atoms with Crippen molar-refractivity contribution in [2.45, 2.75) is 33.2 Å². The van der Waals surface area contributed by atoms with Crippen LogP contribution in [0.1, 0.15) is 32.3 Å². The molecule has 2 heteroatoms. The van der Waals surface area contributed by atoms with Gasteiger partial charge in [0.05, 0.1) is 0 Å². The standard InChI is InChI=1S/C18H28N2/c1-15(2)17-12-19-10-8-18(17)9-11-20(14-18)13-16-6-4-3-5-7-16/h3-7,15,17,19H,8-14H2,1-2H3. The molecule has 1 aromatic rings. The van der Waals surface area contributed by atoms with Gasteiger partial charge in [0.1, 0.15) is 0 Å². The van der Waals surface area contributed by atoms with Crippen LogP contribution in [0, 0.1) is 17.3 Å². The van der Waals surface area contributed by atoms with E-state index in [1.165, 1.54) is 44.6 Å². The van der Waals surface area contributed by atoms with Crippen molar-refractivity contribution in [3.05, 3.63) is 35.9 Å². The predicted octanol–water partition coefficient (Wildman–Crippen LogP) is 3.14. The zero-order valence-electron chi connectivity index (χ0n) is 12.9. The first-order valence-electron chi connectivity index (χ1n) is 8.17. The Morgan fingerprint density at radius 3 is 2.80 bits per heavy atom. The lowest BCUT2D eigenvalue weighted by atomic mass is 9.66. The third kappa shape index (κ3) is 2.77. The summed E-state index contributed by atoms with van der Waals surface area (Å²) in [5, 5.41) is 3.61. The topological polar surface area (TPSA) is 15.3 Å². The zero-order chi connectivity index (χ0) is 14.0. The van der Waals surface area contributed by atoms with E-state index in [0.29, 0.717) is 5.41 Å². The van der Waals surface area contributed by atoms with Gasteiger partial charge in [-0.15, -0.1) is 0 Å². The van der Waals surface area contributed by atoms with E-state index < -0.39 is 0 Å². The molecule has 0 aromatic heterocycles. The van der Waals surface area contributed by atoms with E-state index in [1.54, 1.807) is 0 Å². The molecule has 2 fully saturated rings. The second kappa shape index (κ2) is 5.87. The molecule has 0 radical (unpaired) electrons. The SMILES string of the molecule is CC(C)C1CNCCC12CCN(Cc1ccccc1)C2. The van der Waals surface area contributed by atoms with Gasteiger partial charge in [-0.05, 0) is 55.3 Å². The summed E-state index contributed by atoms with van der Waals surface area (Å²) in [6.07, 6.45) is 2.76. The van der Waals surface area contributed by atoms with Crippen molar-refractivity contribution in [1.29, 1.82) is 0 Å². The number of hydrogen-bond acceptors (Lipinski definition) is 2. The van der Waals surface area contributed by atoms with Crippen molar-refractivity contribution in [3.8, 4) is 0 Å². The van der Waals surface area contributed by atoms with Crippen LogP contribution < -0.4 is 5.32 Å². The molecule has 2 heterocycles. The van der Waals surface area contributed by atoms with E-state index in [9.17, 15) is 0 Å². The van der Waals surface area contributed by atoms with Gasteiger partial charge in [0.25, 0.3) is 0 Å². The number of benzene rings is 1. The van der Waals surface area contributed by atoms with Crippen molar-refractivity contribution < 1.29 is 0 Å². The maximum atomic E-state index is 3.61. The van der Waals surface area contributed by atoms with Gasteiger partial charge < -0.3 is 5.32 Å². The maximum absolute atomic E-state index is 3.61. The summed E-state index contributed by atoms with van der Waals surface area (Å²) in [6.45, 7) is 10.9. The minimum absolute atomic E-state index is 0.578. The Labute approximate surface area is 123 Å². The van der Waals surface area contributed by atoms with Crippen LogP contribution in [0.3, 0.4) is 0 Å². The lowest BCUT2D eigenvalue weighted by Gasteiger charge is -2.44. The van der Waals surface area contributed by atoms with Crippen molar-refractivity contribution in [2.75, 3.05) is 26.2 Å². The summed E-state index contributed by atoms with van der Waals surface area (Å²) in [5.41, 5.74) is 2.04. The van der Waals surface area contributed by atoms with Gasteiger partial charge >= 0.3 is 0 Å². The molecule has 110 valence electrons. The molecular weight excluding hydrogens is 244 g/mol. The van der Waals surface area contributed by atoms with Gasteiger partial charge in [-0.3, -0.25) is 4.90 Å². The number of hydrogen-bond donors (Lipinski definition) is 1. The van der Waals surface area contributed by atoms with Gasteiger partial charge in [-0.2, -0.15) is 0 Å². The normalized spacial score (nSPS) is 31.2. The molecule has 2 atom stereocenters. The molecule has 2 aliphatic heterocycles. The smallest absolute Gasteiger partial charge is 0.0233 e. The molecule has 0 amide bonds. The van der Waals surface area contributed by atoms with Gasteiger partial charge in [-0.25, -0.2) is 0 Å². The van der Waals surface area contributed by atoms with Crippen LogP contribution in [0.2, 0.25) is 0 Å². The molecule has 3 rings (SSSR count). The van der Waals surface area contributed by atoms with E-state index in [0.717, 1.165) is 18.4 Å². The molecule has 2 nitrogen and oxygen atoms in total. The van der Waals surface area contributed by atoms with Gasteiger partial charge in [0.2, 0.25) is 0 Å². The molecule has 0 bridgehead atoms. The van der Waals surface area contributed by atoms with Crippen LogP contribution in [-0.4, -0.2) is 31.1 Å². The molecule has 0 aliphatic carbocycles. The van der Waals surface area contributed by atoms with Crippen molar-refractivity contribution in [2.24, 2.45) is 17.3 Å². The Kier molecular flexibility index (Phi) is 4.13. The van der Waals surface area contributed by atoms with Crippen molar-refractivity contribution in [1.82, 2.24) is 10.2 Å². The number of nitrogens with zero attached hydrogens (tertiary/aromatic N) is 1. The minimum Gasteiger partial charge on any atom is -0.316 e. The molecule has 1 aromatic carbocycles. The lowest BCUT2D eigenvalue weighted by Crippen LogP contribution is -2.48. The summed E-state index contributed by atoms with van der Waals surface area (Å²) in [4.78, 5) is 2.68. The van der Waals surface area contributed by atoms with E-state index >= 15 is 0 Å². The van der Waals surface area contributed by atoms with Crippen molar-refractivity contribution in [3.63, 3.8) is 0 Å². The Morgan fingerprint density at radius 1 is 1.25 bits per heavy atom. The monoisotopic (exact) mass is 272 g/mol. The average molecular weight is 272 g/mol. The highest BCUT2D eigenvalue weighted by atomic mass is 15.2. The molecule has 2 aliphatic rings.